The molecule has 2 N–H and O–H groups in total. The highest BCUT2D eigenvalue weighted by Crippen LogP contribution is 2.34. The zero-order chi connectivity index (χ0) is 23.3. The van der Waals surface area contributed by atoms with Crippen molar-refractivity contribution in [3.8, 4) is 17.1 Å². The highest BCUT2D eigenvalue weighted by Gasteiger charge is 2.33. The second-order valence-electron chi connectivity index (χ2n) is 6.85. The standard InChI is InChI=1S/C23H18F3N5OS/c24-23(25,26)18-13-7-8-14-19(18)27-28-20(32)15-33-22-30-29-21(16-9-3-1-4-10-16)31(22)17-11-5-2-6-12-17/h1-14,27H,15H2,(H,28,32). The normalized spacial score (nSPS) is 11.2. The van der Waals surface area contributed by atoms with E-state index in [1.165, 1.54) is 18.2 Å². The van der Waals surface area contributed by atoms with Gasteiger partial charge < -0.3 is 0 Å². The molecule has 4 rings (SSSR count). The molecule has 1 heterocycles. The summed E-state index contributed by atoms with van der Waals surface area (Å²) >= 11 is 1.13. The van der Waals surface area contributed by atoms with E-state index in [-0.39, 0.29) is 11.4 Å². The van der Waals surface area contributed by atoms with Crippen LogP contribution in [-0.4, -0.2) is 26.4 Å². The SMILES string of the molecule is O=C(CSc1nnc(-c2ccccc2)n1-c1ccccc1)NNc1ccccc1C(F)(F)F. The largest absolute Gasteiger partial charge is 0.418 e. The first-order valence-corrected chi connectivity index (χ1v) is 10.8. The lowest BCUT2D eigenvalue weighted by Gasteiger charge is -2.15. The molecule has 33 heavy (non-hydrogen) atoms. The Labute approximate surface area is 191 Å². The molecule has 0 saturated carbocycles. The Balaban J connectivity index is 1.49. The van der Waals surface area contributed by atoms with Gasteiger partial charge in [-0.3, -0.25) is 20.2 Å². The van der Waals surface area contributed by atoms with Crippen LogP contribution in [0.2, 0.25) is 0 Å². The van der Waals surface area contributed by atoms with Crippen molar-refractivity contribution in [1.29, 1.82) is 0 Å². The molecule has 0 bridgehead atoms. The first-order valence-electron chi connectivity index (χ1n) is 9.83. The number of para-hydroxylation sites is 2. The topological polar surface area (TPSA) is 71.8 Å². The average molecular weight is 469 g/mol. The molecule has 6 nitrogen and oxygen atoms in total. The van der Waals surface area contributed by atoms with Crippen molar-refractivity contribution in [2.24, 2.45) is 0 Å². The molecule has 1 amide bonds. The number of aromatic nitrogens is 3. The van der Waals surface area contributed by atoms with E-state index >= 15 is 0 Å². The maximum Gasteiger partial charge on any atom is 0.418 e. The van der Waals surface area contributed by atoms with Gasteiger partial charge in [0.25, 0.3) is 0 Å². The zero-order valence-corrected chi connectivity index (χ0v) is 17.9. The summed E-state index contributed by atoms with van der Waals surface area (Å²) in [6.07, 6.45) is -4.54. The summed E-state index contributed by atoms with van der Waals surface area (Å²) in [5.74, 6) is 0.0174. The summed E-state index contributed by atoms with van der Waals surface area (Å²) < 4.78 is 41.2. The molecule has 0 aliphatic carbocycles. The molecular weight excluding hydrogens is 451 g/mol. The summed E-state index contributed by atoms with van der Waals surface area (Å²) in [5, 5.41) is 9.00. The molecular formula is C23H18F3N5OS. The van der Waals surface area contributed by atoms with E-state index in [0.29, 0.717) is 11.0 Å². The third kappa shape index (κ3) is 5.35. The van der Waals surface area contributed by atoms with Gasteiger partial charge in [-0.25, -0.2) is 0 Å². The molecule has 3 aromatic carbocycles. The molecule has 0 atom stereocenters. The second kappa shape index (κ2) is 9.78. The fraction of sp³-hybridized carbons (Fsp3) is 0.0870. The summed E-state index contributed by atoms with van der Waals surface area (Å²) in [4.78, 5) is 12.3. The van der Waals surface area contributed by atoms with Crippen LogP contribution < -0.4 is 10.9 Å². The number of hydrogen-bond acceptors (Lipinski definition) is 5. The van der Waals surface area contributed by atoms with Gasteiger partial charge in [0.1, 0.15) is 0 Å². The summed E-state index contributed by atoms with van der Waals surface area (Å²) in [6, 6.07) is 23.9. The number of carbonyl (C=O) groups excluding carboxylic acids is 1. The number of hydrazine groups is 1. The van der Waals surface area contributed by atoms with Gasteiger partial charge in [0.15, 0.2) is 11.0 Å². The molecule has 0 fully saturated rings. The van der Waals surface area contributed by atoms with Gasteiger partial charge in [-0.05, 0) is 24.3 Å². The molecule has 0 saturated heterocycles. The van der Waals surface area contributed by atoms with Gasteiger partial charge in [0.05, 0.1) is 17.0 Å². The Bertz CT molecular complexity index is 1230. The van der Waals surface area contributed by atoms with Crippen LogP contribution in [-0.2, 0) is 11.0 Å². The van der Waals surface area contributed by atoms with Crippen molar-refractivity contribution in [3.63, 3.8) is 0 Å². The van der Waals surface area contributed by atoms with Crippen LogP contribution in [0.1, 0.15) is 5.56 Å². The number of carbonyl (C=O) groups is 1. The first-order chi connectivity index (χ1) is 15.9. The molecule has 0 aliphatic heterocycles. The van der Waals surface area contributed by atoms with E-state index in [0.717, 1.165) is 29.1 Å². The van der Waals surface area contributed by atoms with E-state index < -0.39 is 17.6 Å². The van der Waals surface area contributed by atoms with Crippen molar-refractivity contribution >= 4 is 23.4 Å². The van der Waals surface area contributed by atoms with Gasteiger partial charge in [-0.1, -0.05) is 72.4 Å². The number of alkyl halides is 3. The van der Waals surface area contributed by atoms with Crippen molar-refractivity contribution in [2.45, 2.75) is 11.3 Å². The number of benzene rings is 3. The summed E-state index contributed by atoms with van der Waals surface area (Å²) in [5.41, 5.74) is 5.25. The predicted octanol–water partition coefficient (Wildman–Crippen LogP) is 5.19. The summed E-state index contributed by atoms with van der Waals surface area (Å²) in [7, 11) is 0. The summed E-state index contributed by atoms with van der Waals surface area (Å²) in [6.45, 7) is 0. The minimum absolute atomic E-state index is 0.0824. The van der Waals surface area contributed by atoms with Crippen LogP contribution in [0.3, 0.4) is 0 Å². The average Bonchev–Trinajstić information content (AvgIpc) is 3.26. The lowest BCUT2D eigenvalue weighted by atomic mass is 10.2. The van der Waals surface area contributed by atoms with E-state index in [1.54, 1.807) is 0 Å². The maximum absolute atomic E-state index is 13.1. The van der Waals surface area contributed by atoms with E-state index in [2.05, 4.69) is 21.0 Å². The van der Waals surface area contributed by atoms with Crippen molar-refractivity contribution in [3.05, 3.63) is 90.5 Å². The van der Waals surface area contributed by atoms with Gasteiger partial charge >= 0.3 is 6.18 Å². The van der Waals surface area contributed by atoms with E-state index in [9.17, 15) is 18.0 Å². The zero-order valence-electron chi connectivity index (χ0n) is 17.1. The second-order valence-corrected chi connectivity index (χ2v) is 7.79. The van der Waals surface area contributed by atoms with Crippen LogP contribution in [0.4, 0.5) is 18.9 Å². The van der Waals surface area contributed by atoms with Gasteiger partial charge in [0, 0.05) is 11.3 Å². The lowest BCUT2D eigenvalue weighted by molar-refractivity contribution is -0.137. The third-order valence-corrected chi connectivity index (χ3v) is 5.51. The Morgan fingerprint density at radius 3 is 2.21 bits per heavy atom. The Morgan fingerprint density at radius 1 is 0.879 bits per heavy atom. The fourth-order valence-electron chi connectivity index (χ4n) is 3.09. The number of thioether (sulfide) groups is 1. The van der Waals surface area contributed by atoms with Gasteiger partial charge in [-0.2, -0.15) is 13.2 Å². The lowest BCUT2D eigenvalue weighted by Crippen LogP contribution is -2.32. The van der Waals surface area contributed by atoms with Crippen LogP contribution in [0.5, 0.6) is 0 Å². The van der Waals surface area contributed by atoms with Crippen molar-refractivity contribution in [1.82, 2.24) is 20.2 Å². The van der Waals surface area contributed by atoms with Crippen molar-refractivity contribution in [2.75, 3.05) is 11.2 Å². The first kappa shape index (κ1) is 22.4. The number of amides is 1. The highest BCUT2D eigenvalue weighted by molar-refractivity contribution is 7.99. The number of nitrogens with one attached hydrogen (secondary N) is 2. The Morgan fingerprint density at radius 2 is 1.52 bits per heavy atom. The van der Waals surface area contributed by atoms with E-state index in [1.807, 2.05) is 65.2 Å². The number of nitrogens with zero attached hydrogens (tertiary/aromatic N) is 3. The molecule has 1 aromatic heterocycles. The molecule has 4 aromatic rings. The van der Waals surface area contributed by atoms with Crippen LogP contribution in [0, 0.1) is 0 Å². The number of halogens is 3. The highest BCUT2D eigenvalue weighted by atomic mass is 32.2. The molecule has 10 heteroatoms. The van der Waals surface area contributed by atoms with Crippen LogP contribution in [0.15, 0.2) is 90.1 Å². The van der Waals surface area contributed by atoms with Gasteiger partial charge in [0.2, 0.25) is 5.91 Å². The third-order valence-electron chi connectivity index (χ3n) is 4.58. The van der Waals surface area contributed by atoms with Gasteiger partial charge in [-0.15, -0.1) is 10.2 Å². The van der Waals surface area contributed by atoms with Crippen LogP contribution >= 0.6 is 11.8 Å². The number of rotatable bonds is 7. The predicted molar refractivity (Wildman–Crippen MR) is 121 cm³/mol. The van der Waals surface area contributed by atoms with Crippen molar-refractivity contribution < 1.29 is 18.0 Å². The van der Waals surface area contributed by atoms with E-state index in [4.69, 9.17) is 0 Å². The minimum Gasteiger partial charge on any atom is -0.298 e. The molecule has 0 aliphatic rings. The Kier molecular flexibility index (Phi) is 6.64. The minimum atomic E-state index is -4.54. The number of anilines is 1. The smallest absolute Gasteiger partial charge is 0.298 e. The molecule has 0 radical (unpaired) electrons. The number of hydrogen-bond donors (Lipinski definition) is 2. The molecule has 0 unspecified atom stereocenters. The molecule has 0 spiro atoms. The monoisotopic (exact) mass is 469 g/mol. The fourth-order valence-corrected chi connectivity index (χ4v) is 3.84. The maximum atomic E-state index is 13.1. The quantitative estimate of drug-likeness (QED) is 0.288. The molecule has 168 valence electrons. The Hall–Kier alpha value is -3.79. The van der Waals surface area contributed by atoms with Crippen LogP contribution in [0.25, 0.3) is 17.1 Å².